The lowest BCUT2D eigenvalue weighted by atomic mass is 10.0. The molecule has 0 aromatic heterocycles. The van der Waals surface area contributed by atoms with Gasteiger partial charge in [0.25, 0.3) is 0 Å². The van der Waals surface area contributed by atoms with Gasteiger partial charge in [0.2, 0.25) is 0 Å². The Bertz CT molecular complexity index is 280. The van der Waals surface area contributed by atoms with E-state index in [-0.39, 0.29) is 0 Å². The topological polar surface area (TPSA) is 65.1 Å². The number of piperazine rings is 1. The van der Waals surface area contributed by atoms with E-state index in [2.05, 4.69) is 21.9 Å². The zero-order valence-corrected chi connectivity index (χ0v) is 10.7. The molecule has 0 bridgehead atoms. The van der Waals surface area contributed by atoms with Gasteiger partial charge in [0, 0.05) is 39.1 Å². The predicted octanol–water partition coefficient (Wildman–Crippen LogP) is 0.541. The molecule has 0 atom stereocenters. The first-order valence-corrected chi connectivity index (χ1v) is 6.58. The summed E-state index contributed by atoms with van der Waals surface area (Å²) in [5, 5.41) is 11.7. The van der Waals surface area contributed by atoms with Crippen molar-refractivity contribution < 1.29 is 5.21 Å². The summed E-state index contributed by atoms with van der Waals surface area (Å²) >= 11 is 0. The molecule has 0 unspecified atom stereocenters. The molecule has 5 heteroatoms. The Morgan fingerprint density at radius 1 is 1.24 bits per heavy atom. The number of nitrogens with two attached hydrogens (primary N) is 1. The summed E-state index contributed by atoms with van der Waals surface area (Å²) in [6.45, 7) is 9.16. The summed E-state index contributed by atoms with van der Waals surface area (Å²) in [5.41, 5.74) is 5.93. The van der Waals surface area contributed by atoms with Crippen LogP contribution in [0.25, 0.3) is 0 Å². The Morgan fingerprint density at radius 2 is 1.82 bits per heavy atom. The quantitative estimate of drug-likeness (QED) is 0.319. The van der Waals surface area contributed by atoms with Crippen LogP contribution in [0.3, 0.4) is 0 Å². The Kier molecular flexibility index (Phi) is 3.89. The third kappa shape index (κ3) is 3.33. The van der Waals surface area contributed by atoms with Gasteiger partial charge >= 0.3 is 0 Å². The molecule has 98 valence electrons. The van der Waals surface area contributed by atoms with Crippen LogP contribution >= 0.6 is 0 Å². The SMILES string of the molecule is CCN1CCN(CC2(CC(N)=NO)CC2)CC1. The molecule has 17 heavy (non-hydrogen) atoms. The van der Waals surface area contributed by atoms with Gasteiger partial charge in [-0.15, -0.1) is 0 Å². The largest absolute Gasteiger partial charge is 0.409 e. The number of amidine groups is 1. The maximum absolute atomic E-state index is 8.64. The zero-order valence-electron chi connectivity index (χ0n) is 10.7. The average molecular weight is 240 g/mol. The van der Waals surface area contributed by atoms with E-state index in [0.717, 1.165) is 32.6 Å². The molecule has 0 spiro atoms. The lowest BCUT2D eigenvalue weighted by Gasteiger charge is -2.36. The lowest BCUT2D eigenvalue weighted by molar-refractivity contribution is 0.118. The molecule has 3 N–H and O–H groups in total. The first-order valence-electron chi connectivity index (χ1n) is 6.58. The summed E-state index contributed by atoms with van der Waals surface area (Å²) in [6.07, 6.45) is 3.19. The van der Waals surface area contributed by atoms with Crippen molar-refractivity contribution in [3.8, 4) is 0 Å². The van der Waals surface area contributed by atoms with Crippen molar-refractivity contribution in [1.82, 2.24) is 9.80 Å². The summed E-state index contributed by atoms with van der Waals surface area (Å²) in [4.78, 5) is 5.02. The second kappa shape index (κ2) is 5.23. The molecule has 2 rings (SSSR count). The number of rotatable bonds is 5. The summed E-state index contributed by atoms with van der Waals surface area (Å²) in [7, 11) is 0. The highest BCUT2D eigenvalue weighted by atomic mass is 16.4. The van der Waals surface area contributed by atoms with Gasteiger partial charge in [-0.2, -0.15) is 0 Å². The van der Waals surface area contributed by atoms with Crippen LogP contribution in [-0.4, -0.2) is 60.1 Å². The summed E-state index contributed by atoms with van der Waals surface area (Å²) in [5.74, 6) is 0.384. The highest BCUT2D eigenvalue weighted by Gasteiger charge is 2.44. The van der Waals surface area contributed by atoms with Crippen LogP contribution in [0, 0.1) is 5.41 Å². The van der Waals surface area contributed by atoms with Crippen molar-refractivity contribution in [3.05, 3.63) is 0 Å². The number of hydrogen-bond acceptors (Lipinski definition) is 4. The standard InChI is InChI=1S/C12H24N4O/c1-2-15-5-7-16(8-6-15)10-12(3-4-12)9-11(13)14-17/h17H,2-10H2,1H3,(H2,13,14). The summed E-state index contributed by atoms with van der Waals surface area (Å²) in [6, 6.07) is 0. The van der Waals surface area contributed by atoms with Gasteiger partial charge < -0.3 is 20.7 Å². The minimum Gasteiger partial charge on any atom is -0.409 e. The van der Waals surface area contributed by atoms with Crippen LogP contribution in [0.2, 0.25) is 0 Å². The van der Waals surface area contributed by atoms with E-state index in [1.165, 1.54) is 25.9 Å². The van der Waals surface area contributed by atoms with Crippen molar-refractivity contribution in [2.75, 3.05) is 39.3 Å². The van der Waals surface area contributed by atoms with Gasteiger partial charge in [-0.1, -0.05) is 12.1 Å². The highest BCUT2D eigenvalue weighted by molar-refractivity contribution is 5.80. The highest BCUT2D eigenvalue weighted by Crippen LogP contribution is 2.49. The molecule has 1 aliphatic carbocycles. The van der Waals surface area contributed by atoms with E-state index < -0.39 is 0 Å². The molecule has 0 amide bonds. The fourth-order valence-corrected chi connectivity index (χ4v) is 2.73. The molecule has 2 aliphatic rings. The molecule has 1 saturated carbocycles. The second-order valence-electron chi connectivity index (χ2n) is 5.48. The molecule has 0 aromatic rings. The number of likely N-dealkylation sites (N-methyl/N-ethyl adjacent to an activating group) is 1. The van der Waals surface area contributed by atoms with Gasteiger partial charge in [0.1, 0.15) is 5.84 Å². The average Bonchev–Trinajstić information content (AvgIpc) is 3.09. The van der Waals surface area contributed by atoms with E-state index in [1.54, 1.807) is 0 Å². The first kappa shape index (κ1) is 12.6. The zero-order chi connectivity index (χ0) is 12.3. The smallest absolute Gasteiger partial charge is 0.139 e. The van der Waals surface area contributed by atoms with E-state index in [0.29, 0.717) is 11.3 Å². The van der Waals surface area contributed by atoms with E-state index in [4.69, 9.17) is 10.9 Å². The molecule has 1 aliphatic heterocycles. The molecular formula is C12H24N4O. The van der Waals surface area contributed by atoms with Crippen molar-refractivity contribution in [1.29, 1.82) is 0 Å². The normalized spacial score (nSPS) is 26.1. The van der Waals surface area contributed by atoms with Gasteiger partial charge in [-0.3, -0.25) is 0 Å². The first-order chi connectivity index (χ1) is 8.17. The number of oxime groups is 1. The number of nitrogens with zero attached hydrogens (tertiary/aromatic N) is 3. The molecule has 1 saturated heterocycles. The van der Waals surface area contributed by atoms with Crippen LogP contribution in [0.5, 0.6) is 0 Å². The van der Waals surface area contributed by atoms with Crippen LogP contribution < -0.4 is 5.73 Å². The third-order valence-electron chi connectivity index (χ3n) is 4.11. The lowest BCUT2D eigenvalue weighted by Crippen LogP contribution is -2.48. The molecular weight excluding hydrogens is 216 g/mol. The Hall–Kier alpha value is -0.810. The van der Waals surface area contributed by atoms with Crippen LogP contribution in [0.1, 0.15) is 26.2 Å². The maximum Gasteiger partial charge on any atom is 0.139 e. The Labute approximate surface area is 103 Å². The van der Waals surface area contributed by atoms with Gasteiger partial charge in [0.15, 0.2) is 0 Å². The number of hydrogen-bond donors (Lipinski definition) is 2. The van der Waals surface area contributed by atoms with Gasteiger partial charge in [-0.25, -0.2) is 0 Å². The molecule has 0 radical (unpaired) electrons. The van der Waals surface area contributed by atoms with Crippen molar-refractivity contribution >= 4 is 5.84 Å². The fourth-order valence-electron chi connectivity index (χ4n) is 2.73. The van der Waals surface area contributed by atoms with Crippen molar-refractivity contribution in [2.45, 2.75) is 26.2 Å². The van der Waals surface area contributed by atoms with Crippen molar-refractivity contribution in [3.63, 3.8) is 0 Å². The molecule has 2 fully saturated rings. The Morgan fingerprint density at radius 3 is 2.29 bits per heavy atom. The minimum atomic E-state index is 0.310. The van der Waals surface area contributed by atoms with Crippen LogP contribution in [0.15, 0.2) is 5.16 Å². The van der Waals surface area contributed by atoms with E-state index >= 15 is 0 Å². The van der Waals surface area contributed by atoms with Gasteiger partial charge in [0.05, 0.1) is 0 Å². The van der Waals surface area contributed by atoms with E-state index in [9.17, 15) is 0 Å². The van der Waals surface area contributed by atoms with E-state index in [1.807, 2.05) is 0 Å². The fraction of sp³-hybridized carbons (Fsp3) is 0.917. The van der Waals surface area contributed by atoms with Crippen LogP contribution in [-0.2, 0) is 0 Å². The molecule has 5 nitrogen and oxygen atoms in total. The second-order valence-corrected chi connectivity index (χ2v) is 5.48. The third-order valence-corrected chi connectivity index (χ3v) is 4.11. The van der Waals surface area contributed by atoms with Crippen LogP contribution in [0.4, 0.5) is 0 Å². The molecule has 0 aromatic carbocycles. The minimum absolute atomic E-state index is 0.310. The predicted molar refractivity (Wildman–Crippen MR) is 68.2 cm³/mol. The monoisotopic (exact) mass is 240 g/mol. The van der Waals surface area contributed by atoms with Crippen molar-refractivity contribution in [2.24, 2.45) is 16.3 Å². The maximum atomic E-state index is 8.64. The summed E-state index contributed by atoms with van der Waals surface area (Å²) < 4.78 is 0. The van der Waals surface area contributed by atoms with Gasteiger partial charge in [-0.05, 0) is 24.8 Å². The molecule has 1 heterocycles. The Balaban J connectivity index is 1.78.